The lowest BCUT2D eigenvalue weighted by Crippen LogP contribution is -2.43. The van der Waals surface area contributed by atoms with Crippen LogP contribution in [0.2, 0.25) is 0 Å². The molecule has 0 aliphatic carbocycles. The number of ether oxygens (including phenoxy) is 2. The SMILES string of the molecule is COc1cccc(COc2cncc(N3CCNCC3)n2)n1. The molecule has 0 radical (unpaired) electrons. The standard InChI is InChI=1S/C15H19N5O2/c1-21-14-4-2-3-12(18-14)11-22-15-10-17-9-13(19-15)20-7-5-16-6-8-20/h2-4,9-10,16H,5-8,11H2,1H3. The summed E-state index contributed by atoms with van der Waals surface area (Å²) < 4.78 is 10.8. The van der Waals surface area contributed by atoms with Crippen LogP contribution in [0.4, 0.5) is 5.82 Å². The van der Waals surface area contributed by atoms with E-state index >= 15 is 0 Å². The van der Waals surface area contributed by atoms with E-state index in [2.05, 4.69) is 25.2 Å². The van der Waals surface area contributed by atoms with Gasteiger partial charge in [0.05, 0.1) is 25.2 Å². The van der Waals surface area contributed by atoms with Crippen LogP contribution in [-0.2, 0) is 6.61 Å². The Labute approximate surface area is 129 Å². The predicted octanol–water partition coefficient (Wildman–Crippen LogP) is 0.869. The van der Waals surface area contributed by atoms with Crippen molar-refractivity contribution in [1.82, 2.24) is 20.3 Å². The predicted molar refractivity (Wildman–Crippen MR) is 82.2 cm³/mol. The van der Waals surface area contributed by atoms with Gasteiger partial charge in [-0.1, -0.05) is 6.07 Å². The van der Waals surface area contributed by atoms with Gasteiger partial charge in [0.2, 0.25) is 11.8 Å². The number of anilines is 1. The molecular formula is C15H19N5O2. The Bertz CT molecular complexity index is 616. The molecule has 2 aromatic rings. The lowest BCUT2D eigenvalue weighted by Gasteiger charge is -2.28. The maximum absolute atomic E-state index is 5.69. The van der Waals surface area contributed by atoms with Crippen molar-refractivity contribution in [3.63, 3.8) is 0 Å². The zero-order valence-corrected chi connectivity index (χ0v) is 12.5. The number of hydrogen-bond donors (Lipinski definition) is 1. The number of hydrogen-bond acceptors (Lipinski definition) is 7. The van der Waals surface area contributed by atoms with E-state index in [-0.39, 0.29) is 0 Å². The van der Waals surface area contributed by atoms with Gasteiger partial charge >= 0.3 is 0 Å². The van der Waals surface area contributed by atoms with Gasteiger partial charge in [-0.05, 0) is 6.07 Å². The second-order valence-electron chi connectivity index (χ2n) is 4.91. The van der Waals surface area contributed by atoms with Crippen molar-refractivity contribution >= 4 is 5.82 Å². The summed E-state index contributed by atoms with van der Waals surface area (Å²) in [5, 5.41) is 3.32. The van der Waals surface area contributed by atoms with Gasteiger partial charge in [-0.15, -0.1) is 0 Å². The number of pyridine rings is 1. The number of nitrogens with zero attached hydrogens (tertiary/aromatic N) is 4. The van der Waals surface area contributed by atoms with Crippen LogP contribution >= 0.6 is 0 Å². The number of rotatable bonds is 5. The van der Waals surface area contributed by atoms with Gasteiger partial charge in [-0.25, -0.2) is 4.98 Å². The highest BCUT2D eigenvalue weighted by molar-refractivity contribution is 5.38. The normalized spacial score (nSPS) is 14.7. The molecule has 0 unspecified atom stereocenters. The van der Waals surface area contributed by atoms with Crippen molar-refractivity contribution in [1.29, 1.82) is 0 Å². The van der Waals surface area contributed by atoms with Crippen LogP contribution in [0.15, 0.2) is 30.6 Å². The molecule has 0 atom stereocenters. The molecule has 2 aromatic heterocycles. The summed E-state index contributed by atoms with van der Waals surface area (Å²) >= 11 is 0. The summed E-state index contributed by atoms with van der Waals surface area (Å²) in [7, 11) is 1.59. The molecule has 1 saturated heterocycles. The fourth-order valence-electron chi connectivity index (χ4n) is 2.25. The van der Waals surface area contributed by atoms with Crippen molar-refractivity contribution in [2.45, 2.75) is 6.61 Å². The molecule has 1 aliphatic heterocycles. The van der Waals surface area contributed by atoms with Crippen molar-refractivity contribution in [3.05, 3.63) is 36.3 Å². The highest BCUT2D eigenvalue weighted by Crippen LogP contribution is 2.16. The van der Waals surface area contributed by atoms with Gasteiger partial charge in [0.1, 0.15) is 6.61 Å². The first-order chi connectivity index (χ1) is 10.8. The quantitative estimate of drug-likeness (QED) is 0.878. The molecule has 0 bridgehead atoms. The second-order valence-corrected chi connectivity index (χ2v) is 4.91. The summed E-state index contributed by atoms with van der Waals surface area (Å²) in [6, 6.07) is 5.57. The fourth-order valence-corrected chi connectivity index (χ4v) is 2.25. The van der Waals surface area contributed by atoms with Gasteiger partial charge in [0, 0.05) is 32.2 Å². The Balaban J connectivity index is 1.64. The average molecular weight is 301 g/mol. The summed E-state index contributed by atoms with van der Waals surface area (Å²) in [6.07, 6.45) is 3.38. The topological polar surface area (TPSA) is 72.4 Å². The Morgan fingerprint density at radius 2 is 2.00 bits per heavy atom. The van der Waals surface area contributed by atoms with Crippen molar-refractivity contribution in [2.75, 3.05) is 38.2 Å². The number of methoxy groups -OCH3 is 1. The van der Waals surface area contributed by atoms with Crippen molar-refractivity contribution in [3.8, 4) is 11.8 Å². The van der Waals surface area contributed by atoms with E-state index in [9.17, 15) is 0 Å². The van der Waals surface area contributed by atoms with Crippen LogP contribution in [0, 0.1) is 0 Å². The fraction of sp³-hybridized carbons (Fsp3) is 0.400. The van der Waals surface area contributed by atoms with E-state index in [1.54, 1.807) is 25.6 Å². The maximum atomic E-state index is 5.69. The highest BCUT2D eigenvalue weighted by atomic mass is 16.5. The van der Waals surface area contributed by atoms with Crippen molar-refractivity contribution in [2.24, 2.45) is 0 Å². The minimum absolute atomic E-state index is 0.330. The van der Waals surface area contributed by atoms with Crippen LogP contribution in [0.25, 0.3) is 0 Å². The van der Waals surface area contributed by atoms with E-state index in [1.807, 2.05) is 12.1 Å². The van der Waals surface area contributed by atoms with E-state index in [1.165, 1.54) is 0 Å². The van der Waals surface area contributed by atoms with Crippen LogP contribution in [0.3, 0.4) is 0 Å². The maximum Gasteiger partial charge on any atom is 0.234 e. The first-order valence-corrected chi connectivity index (χ1v) is 7.25. The third-order valence-corrected chi connectivity index (χ3v) is 3.40. The molecule has 1 fully saturated rings. The van der Waals surface area contributed by atoms with Gasteiger partial charge in [-0.3, -0.25) is 4.98 Å². The van der Waals surface area contributed by atoms with Crippen molar-refractivity contribution < 1.29 is 9.47 Å². The van der Waals surface area contributed by atoms with Gasteiger partial charge in [0.25, 0.3) is 0 Å². The van der Waals surface area contributed by atoms with E-state index in [4.69, 9.17) is 9.47 Å². The van der Waals surface area contributed by atoms with Crippen LogP contribution < -0.4 is 19.7 Å². The summed E-state index contributed by atoms with van der Waals surface area (Å²) in [4.78, 5) is 15.2. The Kier molecular flexibility index (Phi) is 4.65. The molecule has 1 N–H and O–H groups in total. The smallest absolute Gasteiger partial charge is 0.234 e. The first-order valence-electron chi connectivity index (χ1n) is 7.25. The van der Waals surface area contributed by atoms with Gasteiger partial charge in [0.15, 0.2) is 5.82 Å². The lowest BCUT2D eigenvalue weighted by molar-refractivity contribution is 0.285. The lowest BCUT2D eigenvalue weighted by atomic mass is 10.3. The third kappa shape index (κ3) is 3.62. The molecule has 1 aliphatic rings. The van der Waals surface area contributed by atoms with Crippen LogP contribution in [-0.4, -0.2) is 48.2 Å². The first kappa shape index (κ1) is 14.5. The second kappa shape index (κ2) is 7.04. The summed E-state index contributed by atoms with van der Waals surface area (Å²) in [5.41, 5.74) is 0.786. The molecule has 3 heterocycles. The Morgan fingerprint density at radius 1 is 1.14 bits per heavy atom. The minimum Gasteiger partial charge on any atom is -0.481 e. The summed E-state index contributed by atoms with van der Waals surface area (Å²) in [6.45, 7) is 4.10. The highest BCUT2D eigenvalue weighted by Gasteiger charge is 2.12. The molecular weight excluding hydrogens is 282 g/mol. The Morgan fingerprint density at radius 3 is 2.82 bits per heavy atom. The molecule has 7 nitrogen and oxygen atoms in total. The third-order valence-electron chi connectivity index (χ3n) is 3.40. The monoisotopic (exact) mass is 301 g/mol. The van der Waals surface area contributed by atoms with Crippen LogP contribution in [0.5, 0.6) is 11.8 Å². The molecule has 116 valence electrons. The minimum atomic E-state index is 0.330. The molecule has 7 heteroatoms. The number of nitrogens with one attached hydrogen (secondary N) is 1. The number of piperazine rings is 1. The zero-order chi connectivity index (χ0) is 15.2. The average Bonchev–Trinajstić information content (AvgIpc) is 2.61. The number of aromatic nitrogens is 3. The summed E-state index contributed by atoms with van der Waals surface area (Å²) in [5.74, 6) is 1.92. The van der Waals surface area contributed by atoms with Crippen LogP contribution in [0.1, 0.15) is 5.69 Å². The molecule has 0 aromatic carbocycles. The molecule has 22 heavy (non-hydrogen) atoms. The zero-order valence-electron chi connectivity index (χ0n) is 12.5. The van der Waals surface area contributed by atoms with E-state index < -0.39 is 0 Å². The van der Waals surface area contributed by atoms with E-state index in [0.717, 1.165) is 37.7 Å². The van der Waals surface area contributed by atoms with E-state index in [0.29, 0.717) is 18.4 Å². The molecule has 3 rings (SSSR count). The van der Waals surface area contributed by atoms with Gasteiger partial charge in [-0.2, -0.15) is 4.98 Å². The largest absolute Gasteiger partial charge is 0.481 e. The molecule has 0 spiro atoms. The molecule has 0 saturated carbocycles. The molecule has 0 amide bonds. The Hall–Kier alpha value is -2.41. The van der Waals surface area contributed by atoms with Gasteiger partial charge < -0.3 is 19.7 Å².